The zero-order valence-electron chi connectivity index (χ0n) is 20.3. The summed E-state index contributed by atoms with van der Waals surface area (Å²) in [4.78, 5) is 32.1. The molecule has 2 aliphatic rings. The Kier molecular flexibility index (Phi) is 7.70. The highest BCUT2D eigenvalue weighted by Gasteiger charge is 2.27. The molecule has 4 rings (SSSR count). The van der Waals surface area contributed by atoms with Gasteiger partial charge in [0.25, 0.3) is 0 Å². The summed E-state index contributed by atoms with van der Waals surface area (Å²) >= 11 is 0. The van der Waals surface area contributed by atoms with Crippen molar-refractivity contribution in [2.45, 2.75) is 19.4 Å². The van der Waals surface area contributed by atoms with Crippen molar-refractivity contribution in [2.75, 3.05) is 70.2 Å². The van der Waals surface area contributed by atoms with E-state index in [1.54, 1.807) is 24.3 Å². The van der Waals surface area contributed by atoms with Gasteiger partial charge in [0, 0.05) is 57.7 Å². The summed E-state index contributed by atoms with van der Waals surface area (Å²) in [7, 11) is 4.25. The van der Waals surface area contributed by atoms with Crippen LogP contribution in [0.5, 0.6) is 5.75 Å². The summed E-state index contributed by atoms with van der Waals surface area (Å²) in [6, 6.07) is 13.6. The summed E-state index contributed by atoms with van der Waals surface area (Å²) < 4.78 is 5.42. The molecule has 1 unspecified atom stereocenters. The smallest absolute Gasteiger partial charge is 0.313 e. The second-order valence-corrected chi connectivity index (χ2v) is 9.04. The fourth-order valence-corrected chi connectivity index (χ4v) is 4.64. The maximum Gasteiger partial charge on any atom is 0.313 e. The number of fused-ring (bicyclic) bond motifs is 1. The molecule has 1 saturated heterocycles. The highest BCUT2D eigenvalue weighted by Crippen LogP contribution is 2.31. The van der Waals surface area contributed by atoms with Gasteiger partial charge in [0.1, 0.15) is 5.75 Å². The van der Waals surface area contributed by atoms with Gasteiger partial charge >= 0.3 is 11.8 Å². The molecule has 0 bridgehead atoms. The van der Waals surface area contributed by atoms with E-state index in [-0.39, 0.29) is 6.04 Å². The van der Waals surface area contributed by atoms with Gasteiger partial charge in [0.05, 0.1) is 12.6 Å². The second-order valence-electron chi connectivity index (χ2n) is 9.04. The van der Waals surface area contributed by atoms with Crippen molar-refractivity contribution >= 4 is 23.2 Å². The molecule has 2 amide bonds. The van der Waals surface area contributed by atoms with E-state index in [0.29, 0.717) is 18.8 Å². The van der Waals surface area contributed by atoms with Gasteiger partial charge in [-0.3, -0.25) is 14.5 Å². The Labute approximate surface area is 201 Å². The third kappa shape index (κ3) is 5.69. The van der Waals surface area contributed by atoms with Crippen molar-refractivity contribution in [3.63, 3.8) is 0 Å². The fraction of sp³-hybridized carbons (Fsp3) is 0.462. The van der Waals surface area contributed by atoms with Crippen LogP contribution in [-0.2, 0) is 16.0 Å². The van der Waals surface area contributed by atoms with Crippen LogP contribution in [0.3, 0.4) is 0 Å². The minimum Gasteiger partial charge on any atom is -0.494 e. The lowest BCUT2D eigenvalue weighted by Crippen LogP contribution is -2.49. The van der Waals surface area contributed by atoms with E-state index in [4.69, 9.17) is 4.74 Å². The minimum absolute atomic E-state index is 0.0205. The van der Waals surface area contributed by atoms with Crippen LogP contribution in [0.2, 0.25) is 0 Å². The molecule has 0 aliphatic carbocycles. The third-order valence-corrected chi connectivity index (χ3v) is 6.68. The molecule has 0 radical (unpaired) electrons. The van der Waals surface area contributed by atoms with E-state index in [0.717, 1.165) is 44.9 Å². The maximum atomic E-state index is 12.6. The lowest BCUT2D eigenvalue weighted by molar-refractivity contribution is -0.136. The maximum absolute atomic E-state index is 12.6. The summed E-state index contributed by atoms with van der Waals surface area (Å²) in [6.07, 6.45) is 1.03. The van der Waals surface area contributed by atoms with Gasteiger partial charge in [0.15, 0.2) is 0 Å². The van der Waals surface area contributed by atoms with Gasteiger partial charge in [-0.2, -0.15) is 0 Å². The van der Waals surface area contributed by atoms with Crippen LogP contribution in [0.1, 0.15) is 24.1 Å². The molecule has 1 atom stereocenters. The number of nitrogens with zero attached hydrogens (tertiary/aromatic N) is 3. The Balaban J connectivity index is 1.41. The zero-order chi connectivity index (χ0) is 24.1. The molecule has 8 heteroatoms. The summed E-state index contributed by atoms with van der Waals surface area (Å²) in [5.41, 5.74) is 4.37. The molecule has 182 valence electrons. The van der Waals surface area contributed by atoms with E-state index in [2.05, 4.69) is 57.6 Å². The predicted octanol–water partition coefficient (Wildman–Crippen LogP) is 2.12. The van der Waals surface area contributed by atoms with Crippen LogP contribution in [0.15, 0.2) is 42.5 Å². The molecule has 0 spiro atoms. The predicted molar refractivity (Wildman–Crippen MR) is 134 cm³/mol. The van der Waals surface area contributed by atoms with E-state index in [1.165, 1.54) is 16.8 Å². The number of piperazine rings is 1. The first-order chi connectivity index (χ1) is 16.4. The molecule has 2 aromatic rings. The van der Waals surface area contributed by atoms with Gasteiger partial charge in [-0.25, -0.2) is 0 Å². The van der Waals surface area contributed by atoms with E-state index < -0.39 is 11.8 Å². The molecule has 0 saturated carbocycles. The van der Waals surface area contributed by atoms with E-state index in [1.807, 2.05) is 6.92 Å². The molecular weight excluding hydrogens is 430 g/mol. The first kappa shape index (κ1) is 24.0. The largest absolute Gasteiger partial charge is 0.494 e. The van der Waals surface area contributed by atoms with Gasteiger partial charge in [0.2, 0.25) is 0 Å². The number of amides is 2. The van der Waals surface area contributed by atoms with Crippen molar-refractivity contribution < 1.29 is 14.3 Å². The lowest BCUT2D eigenvalue weighted by Gasteiger charge is -2.38. The topological polar surface area (TPSA) is 77.1 Å². The van der Waals surface area contributed by atoms with Crippen LogP contribution in [-0.4, -0.2) is 81.6 Å². The summed E-state index contributed by atoms with van der Waals surface area (Å²) in [5.74, 6) is -0.578. The highest BCUT2D eigenvalue weighted by atomic mass is 16.5. The molecule has 2 N–H and O–H groups in total. The number of anilines is 2. The molecule has 2 aliphatic heterocycles. The summed E-state index contributed by atoms with van der Waals surface area (Å²) in [6.45, 7) is 7.71. The zero-order valence-corrected chi connectivity index (χ0v) is 20.3. The number of ether oxygens (including phenoxy) is 1. The normalized spacial score (nSPS) is 17.2. The minimum atomic E-state index is -0.670. The van der Waals surface area contributed by atoms with Crippen molar-refractivity contribution in [3.05, 3.63) is 53.6 Å². The molecule has 2 heterocycles. The Morgan fingerprint density at radius 1 is 0.971 bits per heavy atom. The summed E-state index contributed by atoms with van der Waals surface area (Å²) in [5, 5.41) is 5.54. The molecule has 8 nitrogen and oxygen atoms in total. The SMILES string of the molecule is CCOc1ccc(NC(=O)C(=O)NCC(c2ccc3c(c2)CCN3C)N2CCN(C)CC2)cc1. The Bertz CT molecular complexity index is 1000. The number of benzene rings is 2. The average molecular weight is 466 g/mol. The van der Waals surface area contributed by atoms with Gasteiger partial charge in [-0.1, -0.05) is 12.1 Å². The number of carbonyl (C=O) groups is 2. The van der Waals surface area contributed by atoms with Crippen LogP contribution in [0.4, 0.5) is 11.4 Å². The van der Waals surface area contributed by atoms with Crippen LogP contribution in [0, 0.1) is 0 Å². The Hall–Kier alpha value is -3.10. The number of carbonyl (C=O) groups excluding carboxylic acids is 2. The lowest BCUT2D eigenvalue weighted by atomic mass is 10.00. The molecular formula is C26H35N5O3. The monoisotopic (exact) mass is 465 g/mol. The van der Waals surface area contributed by atoms with Crippen LogP contribution >= 0.6 is 0 Å². The van der Waals surface area contributed by atoms with Crippen molar-refractivity contribution in [1.82, 2.24) is 15.1 Å². The van der Waals surface area contributed by atoms with E-state index >= 15 is 0 Å². The van der Waals surface area contributed by atoms with Crippen molar-refractivity contribution in [2.24, 2.45) is 0 Å². The fourth-order valence-electron chi connectivity index (χ4n) is 4.64. The first-order valence-electron chi connectivity index (χ1n) is 12.0. The number of rotatable bonds is 7. The van der Waals surface area contributed by atoms with Crippen LogP contribution in [0.25, 0.3) is 0 Å². The quantitative estimate of drug-likeness (QED) is 0.610. The highest BCUT2D eigenvalue weighted by molar-refractivity contribution is 6.39. The molecule has 0 aromatic heterocycles. The Morgan fingerprint density at radius 2 is 1.71 bits per heavy atom. The number of likely N-dealkylation sites (N-methyl/N-ethyl adjacent to an activating group) is 2. The molecule has 34 heavy (non-hydrogen) atoms. The second kappa shape index (κ2) is 10.9. The van der Waals surface area contributed by atoms with Gasteiger partial charge in [-0.05, 0) is 61.9 Å². The van der Waals surface area contributed by atoms with E-state index in [9.17, 15) is 9.59 Å². The number of nitrogens with one attached hydrogen (secondary N) is 2. The third-order valence-electron chi connectivity index (χ3n) is 6.68. The Morgan fingerprint density at radius 3 is 2.41 bits per heavy atom. The number of hydrogen-bond acceptors (Lipinski definition) is 6. The van der Waals surface area contributed by atoms with Crippen molar-refractivity contribution in [1.29, 1.82) is 0 Å². The average Bonchev–Trinajstić information content (AvgIpc) is 3.21. The first-order valence-corrected chi connectivity index (χ1v) is 12.0. The standard InChI is InChI=1S/C26H35N5O3/c1-4-34-22-8-6-21(7-9-22)28-26(33)25(32)27-18-24(31-15-13-29(2)14-16-31)19-5-10-23-20(17-19)11-12-30(23)3/h5-10,17,24H,4,11-16,18H2,1-3H3,(H,27,32)(H,28,33). The van der Waals surface area contributed by atoms with Gasteiger partial charge in [-0.15, -0.1) is 0 Å². The molecule has 1 fully saturated rings. The van der Waals surface area contributed by atoms with Gasteiger partial charge < -0.3 is 25.2 Å². The van der Waals surface area contributed by atoms with Crippen molar-refractivity contribution in [3.8, 4) is 5.75 Å². The number of hydrogen-bond donors (Lipinski definition) is 2. The van der Waals surface area contributed by atoms with Crippen LogP contribution < -0.4 is 20.3 Å². The molecule has 2 aromatic carbocycles.